The highest BCUT2D eigenvalue weighted by atomic mass is 16.1. The average Bonchev–Trinajstić information content (AvgIpc) is 3.57. The van der Waals surface area contributed by atoms with E-state index in [0.29, 0.717) is 40.7 Å². The van der Waals surface area contributed by atoms with Crippen molar-refractivity contribution in [3.05, 3.63) is 82.7 Å². The van der Waals surface area contributed by atoms with Crippen LogP contribution in [-0.2, 0) is 0 Å². The van der Waals surface area contributed by atoms with E-state index in [9.17, 15) is 10.1 Å². The topological polar surface area (TPSA) is 158 Å². The van der Waals surface area contributed by atoms with Gasteiger partial charge in [-0.3, -0.25) is 14.0 Å². The van der Waals surface area contributed by atoms with E-state index in [-0.39, 0.29) is 35.0 Å². The van der Waals surface area contributed by atoms with Crippen LogP contribution in [0.3, 0.4) is 0 Å². The van der Waals surface area contributed by atoms with Gasteiger partial charge in [0.05, 0.1) is 34.9 Å². The van der Waals surface area contributed by atoms with Gasteiger partial charge in [0.15, 0.2) is 5.82 Å². The van der Waals surface area contributed by atoms with E-state index in [1.54, 1.807) is 4.57 Å². The van der Waals surface area contributed by atoms with Crippen molar-refractivity contribution in [3.8, 4) is 22.9 Å². The van der Waals surface area contributed by atoms with Crippen molar-refractivity contribution in [2.24, 2.45) is 0 Å². The predicted molar refractivity (Wildman–Crippen MR) is 156 cm³/mol. The number of anilines is 3. The molecule has 2 atom stereocenters. The summed E-state index contributed by atoms with van der Waals surface area (Å²) in [7, 11) is 0. The normalized spacial score (nSPS) is 18.6. The molecule has 2 fully saturated rings. The highest BCUT2D eigenvalue weighted by Crippen LogP contribution is 2.42. The van der Waals surface area contributed by atoms with E-state index in [4.69, 9.17) is 16.5 Å². The van der Waals surface area contributed by atoms with E-state index < -0.39 is 0 Å². The fourth-order valence-electron chi connectivity index (χ4n) is 5.93. The lowest BCUT2D eigenvalue weighted by Gasteiger charge is -2.31. The maximum atomic E-state index is 14.6. The molecule has 204 valence electrons. The lowest BCUT2D eigenvalue weighted by atomic mass is 10.0. The molecule has 4 N–H and O–H groups in total. The van der Waals surface area contributed by atoms with E-state index in [1.165, 1.54) is 0 Å². The van der Waals surface area contributed by atoms with Gasteiger partial charge in [0.2, 0.25) is 5.95 Å². The van der Waals surface area contributed by atoms with Crippen molar-refractivity contribution in [2.75, 3.05) is 16.4 Å². The van der Waals surface area contributed by atoms with Gasteiger partial charge in [0.1, 0.15) is 23.3 Å². The molecular weight excluding hydrogens is 516 g/mol. The Labute approximate surface area is 235 Å². The van der Waals surface area contributed by atoms with Crippen LogP contribution in [0.1, 0.15) is 56.1 Å². The van der Waals surface area contributed by atoms with Gasteiger partial charge >= 0.3 is 0 Å². The summed E-state index contributed by atoms with van der Waals surface area (Å²) in [5.41, 5.74) is 15.0. The van der Waals surface area contributed by atoms with Gasteiger partial charge in [-0.15, -0.1) is 0 Å². The Hall–Kier alpha value is -5.24. The summed E-state index contributed by atoms with van der Waals surface area (Å²) < 4.78 is 3.67. The minimum absolute atomic E-state index is 0.0161. The second kappa shape index (κ2) is 9.45. The molecule has 7 rings (SSSR count). The number of nitrogens with two attached hydrogens (primary N) is 2. The van der Waals surface area contributed by atoms with Gasteiger partial charge in [0, 0.05) is 17.8 Å². The van der Waals surface area contributed by atoms with Crippen LogP contribution in [-0.4, -0.2) is 35.3 Å². The first-order chi connectivity index (χ1) is 19.9. The molecular formula is C30H28N10O. The third-order valence-corrected chi connectivity index (χ3v) is 8.03. The van der Waals surface area contributed by atoms with Gasteiger partial charge < -0.3 is 16.4 Å². The largest absolute Gasteiger partial charge is 0.382 e. The molecule has 1 aliphatic carbocycles. The Morgan fingerprint density at radius 3 is 2.54 bits per heavy atom. The molecule has 2 aliphatic rings. The third kappa shape index (κ3) is 4.07. The first-order valence-electron chi connectivity index (χ1n) is 13.7. The third-order valence-electron chi connectivity index (χ3n) is 8.03. The fourth-order valence-corrected chi connectivity index (χ4v) is 5.93. The van der Waals surface area contributed by atoms with Crippen LogP contribution in [0.15, 0.2) is 65.7 Å². The molecule has 11 nitrogen and oxygen atoms in total. The number of benzene rings is 2. The summed E-state index contributed by atoms with van der Waals surface area (Å²) in [6.07, 6.45) is 7.56. The van der Waals surface area contributed by atoms with E-state index in [2.05, 4.69) is 28.1 Å². The SMILES string of the molecule is C[C@H]1CC[C@@H](c2nc3cccc(-c4cnn(C5CC5)c4)c3c(=O)n2-c2ccccc2)N1c1nc(N)nc(N)c1C#N. The summed E-state index contributed by atoms with van der Waals surface area (Å²) in [5, 5.41) is 15.0. The van der Waals surface area contributed by atoms with Crippen molar-refractivity contribution in [1.29, 1.82) is 5.26 Å². The monoisotopic (exact) mass is 544 g/mol. The number of fused-ring (bicyclic) bond motifs is 1. The Balaban J connectivity index is 1.47. The van der Waals surface area contributed by atoms with Crippen molar-refractivity contribution in [1.82, 2.24) is 29.3 Å². The van der Waals surface area contributed by atoms with Crippen LogP contribution in [0.4, 0.5) is 17.6 Å². The molecule has 1 saturated heterocycles. The first kappa shape index (κ1) is 24.8. The molecule has 1 aliphatic heterocycles. The molecule has 41 heavy (non-hydrogen) atoms. The van der Waals surface area contributed by atoms with Crippen LogP contribution in [0.25, 0.3) is 27.7 Å². The van der Waals surface area contributed by atoms with E-state index in [1.807, 2.05) is 70.5 Å². The second-order valence-electron chi connectivity index (χ2n) is 10.7. The minimum atomic E-state index is -0.371. The average molecular weight is 545 g/mol. The second-order valence-corrected chi connectivity index (χ2v) is 10.7. The minimum Gasteiger partial charge on any atom is -0.382 e. The summed E-state index contributed by atoms with van der Waals surface area (Å²) in [6.45, 7) is 2.05. The molecule has 0 unspecified atom stereocenters. The maximum Gasteiger partial charge on any atom is 0.266 e. The smallest absolute Gasteiger partial charge is 0.266 e. The quantitative estimate of drug-likeness (QED) is 0.332. The number of nitrogens with zero attached hydrogens (tertiary/aromatic N) is 8. The van der Waals surface area contributed by atoms with Crippen LogP contribution < -0.4 is 21.9 Å². The summed E-state index contributed by atoms with van der Waals surface area (Å²) >= 11 is 0. The molecule has 4 heterocycles. The van der Waals surface area contributed by atoms with Crippen molar-refractivity contribution >= 4 is 28.5 Å². The lowest BCUT2D eigenvalue weighted by Crippen LogP contribution is -2.36. The number of hydrogen-bond acceptors (Lipinski definition) is 9. The first-order valence-corrected chi connectivity index (χ1v) is 13.7. The maximum absolute atomic E-state index is 14.6. The molecule has 0 amide bonds. The van der Waals surface area contributed by atoms with Gasteiger partial charge in [-0.05, 0) is 56.4 Å². The van der Waals surface area contributed by atoms with Crippen molar-refractivity contribution in [2.45, 2.75) is 50.7 Å². The molecule has 0 spiro atoms. The van der Waals surface area contributed by atoms with Gasteiger partial charge in [-0.2, -0.15) is 20.3 Å². The number of nitriles is 1. The number of aromatic nitrogens is 6. The summed E-state index contributed by atoms with van der Waals surface area (Å²) in [5.74, 6) is 0.917. The zero-order valence-corrected chi connectivity index (χ0v) is 22.5. The molecule has 2 aromatic carbocycles. The van der Waals surface area contributed by atoms with Crippen LogP contribution in [0.2, 0.25) is 0 Å². The van der Waals surface area contributed by atoms with Crippen LogP contribution in [0, 0.1) is 11.3 Å². The molecule has 0 bridgehead atoms. The standard InChI is InChI=1S/C30H28N10O/c1-17-10-13-24(39(17)27-22(14-31)26(32)36-30(33)37-27)28-35-23-9-5-8-21(18-15-34-38(16-18)19-11-12-19)25(23)29(41)40(28)20-6-3-2-4-7-20/h2-9,15-17,19,24H,10-13H2,1H3,(H4,32,33,36,37)/t17-,24-/m0/s1. The molecule has 3 aromatic heterocycles. The van der Waals surface area contributed by atoms with Crippen LogP contribution >= 0.6 is 0 Å². The van der Waals surface area contributed by atoms with Gasteiger partial charge in [-0.1, -0.05) is 30.3 Å². The summed E-state index contributed by atoms with van der Waals surface area (Å²) in [6, 6.07) is 17.4. The van der Waals surface area contributed by atoms with Crippen LogP contribution in [0.5, 0.6) is 0 Å². The van der Waals surface area contributed by atoms with Crippen molar-refractivity contribution in [3.63, 3.8) is 0 Å². The van der Waals surface area contributed by atoms with Crippen molar-refractivity contribution < 1.29 is 0 Å². The number of hydrogen-bond donors (Lipinski definition) is 2. The fraction of sp³-hybridized carbons (Fsp3) is 0.267. The number of rotatable bonds is 5. The van der Waals surface area contributed by atoms with Gasteiger partial charge in [0.25, 0.3) is 5.56 Å². The zero-order valence-electron chi connectivity index (χ0n) is 22.5. The van der Waals surface area contributed by atoms with Gasteiger partial charge in [-0.25, -0.2) is 4.98 Å². The molecule has 0 radical (unpaired) electrons. The van der Waals surface area contributed by atoms with E-state index in [0.717, 1.165) is 30.4 Å². The highest BCUT2D eigenvalue weighted by molar-refractivity contribution is 5.94. The molecule has 11 heteroatoms. The Morgan fingerprint density at radius 2 is 1.78 bits per heavy atom. The molecule has 5 aromatic rings. The van der Waals surface area contributed by atoms with E-state index >= 15 is 0 Å². The Morgan fingerprint density at radius 1 is 0.976 bits per heavy atom. The Kier molecular flexibility index (Phi) is 5.71. The summed E-state index contributed by atoms with van der Waals surface area (Å²) in [4.78, 5) is 30.2. The molecule has 1 saturated carbocycles. The lowest BCUT2D eigenvalue weighted by molar-refractivity contribution is 0.615. The highest BCUT2D eigenvalue weighted by Gasteiger charge is 2.38. The number of nitrogen functional groups attached to an aromatic ring is 2. The Bertz CT molecular complexity index is 1900. The zero-order chi connectivity index (χ0) is 28.2. The predicted octanol–water partition coefficient (Wildman–Crippen LogP) is 4.14. The number of para-hydroxylation sites is 1.